The topological polar surface area (TPSA) is 12.0 Å². The van der Waals surface area contributed by atoms with Crippen LogP contribution in [0.5, 0.6) is 0 Å². The van der Waals surface area contributed by atoms with Crippen molar-refractivity contribution in [3.63, 3.8) is 0 Å². The van der Waals surface area contributed by atoms with Crippen LogP contribution in [0.15, 0.2) is 30.3 Å². The van der Waals surface area contributed by atoms with Gasteiger partial charge in [-0.1, -0.05) is 30.3 Å². The van der Waals surface area contributed by atoms with E-state index in [9.17, 15) is 8.78 Å². The Balaban J connectivity index is 2.23. The Morgan fingerprint density at radius 2 is 1.77 bits per heavy atom. The average Bonchev–Trinajstić information content (AvgIpc) is 2.02. The van der Waals surface area contributed by atoms with Crippen LogP contribution in [-0.4, -0.2) is 13.1 Å². The highest BCUT2D eigenvalue weighted by Gasteiger charge is 2.44. The maximum absolute atomic E-state index is 13.6. The molecule has 0 saturated carbocycles. The second kappa shape index (κ2) is 3.07. The molecule has 0 bridgehead atoms. The smallest absolute Gasteiger partial charge is 0.278 e. The number of benzene rings is 1. The highest BCUT2D eigenvalue weighted by molar-refractivity contribution is 5.21. The molecule has 0 radical (unpaired) electrons. The van der Waals surface area contributed by atoms with Gasteiger partial charge >= 0.3 is 0 Å². The Bertz CT molecular complexity index is 280. The molecule has 13 heavy (non-hydrogen) atoms. The Kier molecular flexibility index (Phi) is 2.04. The summed E-state index contributed by atoms with van der Waals surface area (Å²) in [7, 11) is 0. The summed E-state index contributed by atoms with van der Waals surface area (Å²) in [4.78, 5) is 0. The quantitative estimate of drug-likeness (QED) is 0.739. The summed E-state index contributed by atoms with van der Waals surface area (Å²) < 4.78 is 27.1. The van der Waals surface area contributed by atoms with Crippen molar-refractivity contribution in [1.82, 2.24) is 5.32 Å². The van der Waals surface area contributed by atoms with E-state index in [1.165, 1.54) is 12.1 Å². The number of rotatable bonds is 2. The first-order chi connectivity index (χ1) is 6.21. The molecule has 1 aliphatic heterocycles. The van der Waals surface area contributed by atoms with E-state index in [0.29, 0.717) is 13.1 Å². The molecule has 1 nitrogen and oxygen atoms in total. The van der Waals surface area contributed by atoms with Gasteiger partial charge in [0.1, 0.15) is 0 Å². The second-order valence-electron chi connectivity index (χ2n) is 3.34. The van der Waals surface area contributed by atoms with Gasteiger partial charge in [-0.25, -0.2) is 8.78 Å². The molecular formula is C10H11F2N. The lowest BCUT2D eigenvalue weighted by Gasteiger charge is -2.34. The van der Waals surface area contributed by atoms with Crippen molar-refractivity contribution in [2.45, 2.75) is 5.92 Å². The maximum atomic E-state index is 13.6. The number of nitrogens with one attached hydrogen (secondary N) is 1. The van der Waals surface area contributed by atoms with E-state index >= 15 is 0 Å². The number of hydrogen-bond acceptors (Lipinski definition) is 1. The third-order valence-corrected chi connectivity index (χ3v) is 2.45. The van der Waals surface area contributed by atoms with E-state index < -0.39 is 11.8 Å². The Morgan fingerprint density at radius 1 is 1.15 bits per heavy atom. The molecule has 0 aliphatic carbocycles. The molecule has 0 atom stereocenters. The van der Waals surface area contributed by atoms with Gasteiger partial charge in [0.2, 0.25) is 0 Å². The van der Waals surface area contributed by atoms with E-state index in [0.717, 1.165) is 0 Å². The van der Waals surface area contributed by atoms with Crippen molar-refractivity contribution in [1.29, 1.82) is 0 Å². The molecule has 0 aromatic heterocycles. The van der Waals surface area contributed by atoms with Gasteiger partial charge in [0.25, 0.3) is 5.92 Å². The van der Waals surface area contributed by atoms with Crippen molar-refractivity contribution < 1.29 is 8.78 Å². The first-order valence-corrected chi connectivity index (χ1v) is 4.35. The van der Waals surface area contributed by atoms with Crippen LogP contribution in [0.25, 0.3) is 0 Å². The minimum Gasteiger partial charge on any atom is -0.316 e. The van der Waals surface area contributed by atoms with E-state index in [2.05, 4.69) is 5.32 Å². The monoisotopic (exact) mass is 183 g/mol. The molecular weight excluding hydrogens is 172 g/mol. The van der Waals surface area contributed by atoms with E-state index in [1.807, 2.05) is 0 Å². The molecule has 1 heterocycles. The van der Waals surface area contributed by atoms with Crippen molar-refractivity contribution in [2.75, 3.05) is 13.1 Å². The summed E-state index contributed by atoms with van der Waals surface area (Å²) in [5.74, 6) is -3.21. The molecule has 1 saturated heterocycles. The average molecular weight is 183 g/mol. The minimum absolute atomic E-state index is 0.126. The van der Waals surface area contributed by atoms with E-state index in [-0.39, 0.29) is 5.56 Å². The molecule has 1 aromatic carbocycles. The highest BCUT2D eigenvalue weighted by Crippen LogP contribution is 2.37. The van der Waals surface area contributed by atoms with Gasteiger partial charge in [0.15, 0.2) is 0 Å². The van der Waals surface area contributed by atoms with Crippen molar-refractivity contribution in [3.05, 3.63) is 35.9 Å². The fraction of sp³-hybridized carbons (Fsp3) is 0.400. The fourth-order valence-corrected chi connectivity index (χ4v) is 1.44. The van der Waals surface area contributed by atoms with Gasteiger partial charge in [0.05, 0.1) is 5.92 Å². The van der Waals surface area contributed by atoms with Gasteiger partial charge < -0.3 is 5.32 Å². The van der Waals surface area contributed by atoms with Crippen LogP contribution in [0, 0.1) is 5.92 Å². The lowest BCUT2D eigenvalue weighted by atomic mass is 9.90. The first-order valence-electron chi connectivity index (χ1n) is 4.35. The zero-order valence-electron chi connectivity index (χ0n) is 7.13. The Labute approximate surface area is 75.8 Å². The predicted molar refractivity (Wildman–Crippen MR) is 46.7 cm³/mol. The molecule has 70 valence electrons. The summed E-state index contributed by atoms with van der Waals surface area (Å²) in [6.07, 6.45) is 0. The summed E-state index contributed by atoms with van der Waals surface area (Å²) in [6, 6.07) is 8.01. The van der Waals surface area contributed by atoms with Crippen LogP contribution in [0.3, 0.4) is 0 Å². The van der Waals surface area contributed by atoms with Gasteiger partial charge in [-0.3, -0.25) is 0 Å². The van der Waals surface area contributed by atoms with Crippen LogP contribution in [0.1, 0.15) is 5.56 Å². The van der Waals surface area contributed by atoms with Crippen molar-refractivity contribution >= 4 is 0 Å². The van der Waals surface area contributed by atoms with E-state index in [1.54, 1.807) is 18.2 Å². The molecule has 0 spiro atoms. The van der Waals surface area contributed by atoms with E-state index in [4.69, 9.17) is 0 Å². The van der Waals surface area contributed by atoms with Gasteiger partial charge in [-0.2, -0.15) is 0 Å². The zero-order valence-corrected chi connectivity index (χ0v) is 7.13. The molecule has 3 heteroatoms. The normalized spacial score (nSPS) is 18.3. The van der Waals surface area contributed by atoms with Gasteiger partial charge in [0, 0.05) is 18.7 Å². The molecule has 2 rings (SSSR count). The molecule has 1 fully saturated rings. The molecule has 0 amide bonds. The largest absolute Gasteiger partial charge is 0.316 e. The summed E-state index contributed by atoms with van der Waals surface area (Å²) >= 11 is 0. The maximum Gasteiger partial charge on any atom is 0.278 e. The number of halogens is 2. The second-order valence-corrected chi connectivity index (χ2v) is 3.34. The number of hydrogen-bond donors (Lipinski definition) is 1. The van der Waals surface area contributed by atoms with Crippen LogP contribution in [0.2, 0.25) is 0 Å². The first kappa shape index (κ1) is 8.63. The van der Waals surface area contributed by atoms with Crippen LogP contribution < -0.4 is 5.32 Å². The van der Waals surface area contributed by atoms with Crippen LogP contribution >= 0.6 is 0 Å². The zero-order chi connectivity index (χ0) is 9.31. The fourth-order valence-electron chi connectivity index (χ4n) is 1.44. The highest BCUT2D eigenvalue weighted by atomic mass is 19.3. The molecule has 1 N–H and O–H groups in total. The Hall–Kier alpha value is -0.960. The molecule has 1 aromatic rings. The van der Waals surface area contributed by atoms with Gasteiger partial charge in [-0.15, -0.1) is 0 Å². The summed E-state index contributed by atoms with van der Waals surface area (Å²) in [5, 5.41) is 2.86. The van der Waals surface area contributed by atoms with Gasteiger partial charge in [-0.05, 0) is 0 Å². The third kappa shape index (κ3) is 1.44. The summed E-state index contributed by atoms with van der Waals surface area (Å²) in [5.41, 5.74) is 0.126. The van der Waals surface area contributed by atoms with Crippen molar-refractivity contribution in [2.24, 2.45) is 5.92 Å². The number of alkyl halides is 2. The molecule has 1 aliphatic rings. The standard InChI is InChI=1S/C10H11F2N/c11-10(12,9-6-13-7-9)8-4-2-1-3-5-8/h1-5,9,13H,6-7H2. The Morgan fingerprint density at radius 3 is 2.23 bits per heavy atom. The summed E-state index contributed by atoms with van der Waals surface area (Å²) in [6.45, 7) is 0.837. The van der Waals surface area contributed by atoms with Crippen molar-refractivity contribution in [3.8, 4) is 0 Å². The molecule has 0 unspecified atom stereocenters. The minimum atomic E-state index is -2.67. The lowest BCUT2D eigenvalue weighted by molar-refractivity contribution is -0.0834. The van der Waals surface area contributed by atoms with Crippen LogP contribution in [0.4, 0.5) is 8.78 Å². The SMILES string of the molecule is FC(F)(c1ccccc1)C1CNC1. The lowest BCUT2D eigenvalue weighted by Crippen LogP contribution is -2.50. The van der Waals surface area contributed by atoms with Crippen LogP contribution in [-0.2, 0) is 5.92 Å². The predicted octanol–water partition coefficient (Wildman–Crippen LogP) is 2.00. The third-order valence-electron chi connectivity index (χ3n) is 2.45.